The summed E-state index contributed by atoms with van der Waals surface area (Å²) in [6, 6.07) is 8.34. The van der Waals surface area contributed by atoms with E-state index in [1.54, 1.807) is 11.3 Å². The predicted octanol–water partition coefficient (Wildman–Crippen LogP) is 3.13. The molecule has 2 aromatic heterocycles. The predicted molar refractivity (Wildman–Crippen MR) is 80.5 cm³/mol. The number of hydrogen-bond acceptors (Lipinski definition) is 6. The molecule has 3 aromatic rings. The standard InChI is InChI=1S/C15H14N4OS/c1-9-16-11(8-21-9)7-14-18-15(20-19-14)13-6-10-4-2-3-5-12(10)17-13/h2-5,8,13,17H,6-7H2,1H3. The molecule has 0 aliphatic carbocycles. The number of thiazole rings is 1. The van der Waals surface area contributed by atoms with Crippen molar-refractivity contribution in [2.75, 3.05) is 5.32 Å². The van der Waals surface area contributed by atoms with Crippen LogP contribution in [0, 0.1) is 6.92 Å². The fraction of sp³-hybridized carbons (Fsp3) is 0.267. The molecule has 1 aliphatic heterocycles. The maximum atomic E-state index is 5.41. The van der Waals surface area contributed by atoms with Crippen LogP contribution < -0.4 is 5.32 Å². The van der Waals surface area contributed by atoms with E-state index in [9.17, 15) is 0 Å². The molecule has 0 bridgehead atoms. The fourth-order valence-electron chi connectivity index (χ4n) is 2.58. The summed E-state index contributed by atoms with van der Waals surface area (Å²) in [7, 11) is 0. The van der Waals surface area contributed by atoms with Gasteiger partial charge in [-0.1, -0.05) is 23.4 Å². The largest absolute Gasteiger partial charge is 0.373 e. The molecule has 1 atom stereocenters. The summed E-state index contributed by atoms with van der Waals surface area (Å²) >= 11 is 1.64. The van der Waals surface area contributed by atoms with Crippen molar-refractivity contribution < 1.29 is 4.52 Å². The van der Waals surface area contributed by atoms with Gasteiger partial charge in [0.15, 0.2) is 5.82 Å². The Morgan fingerprint density at radius 1 is 1.33 bits per heavy atom. The quantitative estimate of drug-likeness (QED) is 0.805. The number of aromatic nitrogens is 3. The van der Waals surface area contributed by atoms with Gasteiger partial charge in [-0.25, -0.2) is 4.98 Å². The lowest BCUT2D eigenvalue weighted by Crippen LogP contribution is -2.06. The molecule has 0 radical (unpaired) electrons. The summed E-state index contributed by atoms with van der Waals surface area (Å²) in [6.45, 7) is 2.00. The van der Waals surface area contributed by atoms with Crippen molar-refractivity contribution in [3.63, 3.8) is 0 Å². The molecule has 5 nitrogen and oxygen atoms in total. The average molecular weight is 298 g/mol. The van der Waals surface area contributed by atoms with E-state index in [0.29, 0.717) is 18.1 Å². The van der Waals surface area contributed by atoms with Gasteiger partial charge in [0.25, 0.3) is 0 Å². The van der Waals surface area contributed by atoms with Crippen LogP contribution in [0.2, 0.25) is 0 Å². The molecule has 0 spiro atoms. The van der Waals surface area contributed by atoms with E-state index in [-0.39, 0.29) is 6.04 Å². The van der Waals surface area contributed by atoms with Crippen LogP contribution in [0.5, 0.6) is 0 Å². The molecule has 0 amide bonds. The van der Waals surface area contributed by atoms with E-state index in [2.05, 4.69) is 32.6 Å². The van der Waals surface area contributed by atoms with Gasteiger partial charge in [-0.3, -0.25) is 0 Å². The number of nitrogens with zero attached hydrogens (tertiary/aromatic N) is 3. The van der Waals surface area contributed by atoms with Gasteiger partial charge in [0.05, 0.1) is 17.1 Å². The van der Waals surface area contributed by atoms with Crippen LogP contribution in [0.3, 0.4) is 0 Å². The SMILES string of the molecule is Cc1nc(Cc2noc(C3Cc4ccccc4N3)n2)cs1. The maximum Gasteiger partial charge on any atom is 0.249 e. The third-order valence-electron chi connectivity index (χ3n) is 3.56. The zero-order valence-electron chi connectivity index (χ0n) is 11.5. The van der Waals surface area contributed by atoms with E-state index in [1.807, 2.05) is 24.4 Å². The Hall–Kier alpha value is -2.21. The number of fused-ring (bicyclic) bond motifs is 1. The Balaban J connectivity index is 1.51. The first-order valence-electron chi connectivity index (χ1n) is 6.86. The van der Waals surface area contributed by atoms with Gasteiger partial charge in [0.2, 0.25) is 5.89 Å². The van der Waals surface area contributed by atoms with Gasteiger partial charge >= 0.3 is 0 Å². The summed E-state index contributed by atoms with van der Waals surface area (Å²) in [5, 5.41) is 10.6. The molecule has 1 aromatic carbocycles. The highest BCUT2D eigenvalue weighted by Gasteiger charge is 2.26. The smallest absolute Gasteiger partial charge is 0.249 e. The van der Waals surface area contributed by atoms with Crippen molar-refractivity contribution in [2.45, 2.75) is 25.8 Å². The van der Waals surface area contributed by atoms with Crippen LogP contribution in [0.1, 0.15) is 34.0 Å². The number of hydrogen-bond donors (Lipinski definition) is 1. The minimum absolute atomic E-state index is 0.0702. The number of aryl methyl sites for hydroxylation is 1. The molecule has 6 heteroatoms. The Bertz CT molecular complexity index is 754. The summed E-state index contributed by atoms with van der Waals surface area (Å²) in [6.07, 6.45) is 1.50. The maximum absolute atomic E-state index is 5.41. The minimum atomic E-state index is 0.0702. The van der Waals surface area contributed by atoms with Crippen molar-refractivity contribution in [3.05, 3.63) is 57.6 Å². The van der Waals surface area contributed by atoms with Gasteiger partial charge in [-0.2, -0.15) is 4.98 Å². The van der Waals surface area contributed by atoms with Crippen molar-refractivity contribution >= 4 is 17.0 Å². The highest BCUT2D eigenvalue weighted by Crippen LogP contribution is 2.33. The zero-order chi connectivity index (χ0) is 14.2. The zero-order valence-corrected chi connectivity index (χ0v) is 12.4. The molecular weight excluding hydrogens is 284 g/mol. The fourth-order valence-corrected chi connectivity index (χ4v) is 3.19. The Labute approximate surface area is 126 Å². The molecule has 4 rings (SSSR count). The van der Waals surface area contributed by atoms with Crippen LogP contribution in [-0.4, -0.2) is 15.1 Å². The third kappa shape index (κ3) is 2.42. The summed E-state index contributed by atoms with van der Waals surface area (Å²) in [5.74, 6) is 1.33. The first-order chi connectivity index (χ1) is 10.3. The van der Waals surface area contributed by atoms with Gasteiger partial charge in [-0.05, 0) is 18.6 Å². The van der Waals surface area contributed by atoms with Crippen LogP contribution >= 0.6 is 11.3 Å². The molecule has 0 saturated carbocycles. The van der Waals surface area contributed by atoms with Crippen LogP contribution in [0.25, 0.3) is 0 Å². The molecule has 1 aliphatic rings. The highest BCUT2D eigenvalue weighted by molar-refractivity contribution is 7.09. The Kier molecular flexibility index (Phi) is 2.96. The monoisotopic (exact) mass is 298 g/mol. The molecule has 1 unspecified atom stereocenters. The average Bonchev–Trinajstić information content (AvgIpc) is 3.18. The topological polar surface area (TPSA) is 63.8 Å². The first kappa shape index (κ1) is 12.5. The molecule has 3 heterocycles. The second kappa shape index (κ2) is 4.96. The normalized spacial score (nSPS) is 16.7. The third-order valence-corrected chi connectivity index (χ3v) is 4.38. The molecule has 1 N–H and O–H groups in total. The van der Waals surface area contributed by atoms with Gasteiger partial charge in [0, 0.05) is 17.5 Å². The summed E-state index contributed by atoms with van der Waals surface area (Å²) in [4.78, 5) is 8.93. The van der Waals surface area contributed by atoms with Crippen LogP contribution in [0.15, 0.2) is 34.2 Å². The lowest BCUT2D eigenvalue weighted by atomic mass is 10.1. The van der Waals surface area contributed by atoms with Gasteiger partial charge in [0.1, 0.15) is 6.04 Å². The minimum Gasteiger partial charge on any atom is -0.373 e. The van der Waals surface area contributed by atoms with E-state index in [4.69, 9.17) is 4.52 Å². The number of para-hydroxylation sites is 1. The highest BCUT2D eigenvalue weighted by atomic mass is 32.1. The van der Waals surface area contributed by atoms with Gasteiger partial charge < -0.3 is 9.84 Å². The van der Waals surface area contributed by atoms with Crippen molar-refractivity contribution in [1.29, 1.82) is 0 Å². The number of benzene rings is 1. The number of rotatable bonds is 3. The second-order valence-electron chi connectivity index (χ2n) is 5.14. The summed E-state index contributed by atoms with van der Waals surface area (Å²) in [5.41, 5.74) is 3.43. The lowest BCUT2D eigenvalue weighted by Gasteiger charge is -2.04. The van der Waals surface area contributed by atoms with Crippen LogP contribution in [-0.2, 0) is 12.8 Å². The van der Waals surface area contributed by atoms with E-state index in [1.165, 1.54) is 5.56 Å². The Morgan fingerprint density at radius 3 is 3.05 bits per heavy atom. The molecule has 106 valence electrons. The summed E-state index contributed by atoms with van der Waals surface area (Å²) < 4.78 is 5.41. The van der Waals surface area contributed by atoms with E-state index >= 15 is 0 Å². The Morgan fingerprint density at radius 2 is 2.24 bits per heavy atom. The number of anilines is 1. The van der Waals surface area contributed by atoms with Crippen LogP contribution in [0.4, 0.5) is 5.69 Å². The molecular formula is C15H14N4OS. The molecule has 21 heavy (non-hydrogen) atoms. The first-order valence-corrected chi connectivity index (χ1v) is 7.74. The van der Waals surface area contributed by atoms with E-state index < -0.39 is 0 Å². The lowest BCUT2D eigenvalue weighted by molar-refractivity contribution is 0.360. The second-order valence-corrected chi connectivity index (χ2v) is 6.20. The van der Waals surface area contributed by atoms with E-state index in [0.717, 1.165) is 22.8 Å². The number of nitrogens with one attached hydrogen (secondary N) is 1. The molecule has 0 fully saturated rings. The van der Waals surface area contributed by atoms with Crippen molar-refractivity contribution in [2.24, 2.45) is 0 Å². The van der Waals surface area contributed by atoms with Crippen molar-refractivity contribution in [3.8, 4) is 0 Å². The van der Waals surface area contributed by atoms with Gasteiger partial charge in [-0.15, -0.1) is 11.3 Å². The molecule has 0 saturated heterocycles. The van der Waals surface area contributed by atoms with Crippen molar-refractivity contribution in [1.82, 2.24) is 15.1 Å².